The third-order valence-electron chi connectivity index (χ3n) is 3.04. The van der Waals surface area contributed by atoms with Crippen molar-refractivity contribution in [2.45, 2.75) is 19.2 Å². The van der Waals surface area contributed by atoms with Crippen LogP contribution in [0.3, 0.4) is 0 Å². The minimum atomic E-state index is -1.14. The average molecular weight is 310 g/mol. The van der Waals surface area contributed by atoms with E-state index in [-0.39, 0.29) is 0 Å². The minimum Gasteiger partial charge on any atom is -0.0840 e. The lowest BCUT2D eigenvalue weighted by Gasteiger charge is -2.19. The molecule has 0 aromatic heterocycles. The van der Waals surface area contributed by atoms with Crippen LogP contribution in [-0.4, -0.2) is 0 Å². The van der Waals surface area contributed by atoms with Crippen LogP contribution in [0.15, 0.2) is 40.9 Å². The molecule has 0 nitrogen and oxygen atoms in total. The first-order valence-electron chi connectivity index (χ1n) is 6.52. The summed E-state index contributed by atoms with van der Waals surface area (Å²) in [6, 6.07) is 11.8. The number of hydrogen-bond donors (Lipinski definition) is 0. The molecule has 2 aromatic carbocycles. The molecule has 17 heavy (non-hydrogen) atoms. The Labute approximate surface area is 118 Å². The minimum absolute atomic E-state index is 0.516. The Bertz CT molecular complexity index is 653. The van der Waals surface area contributed by atoms with Crippen molar-refractivity contribution in [3.63, 3.8) is 0 Å². The number of halogens is 2. The molecule has 1 aliphatic carbocycles. The molecule has 0 unspecified atom stereocenters. The van der Waals surface area contributed by atoms with Gasteiger partial charge in [0.2, 0.25) is 0 Å². The topological polar surface area (TPSA) is 0 Å². The Morgan fingerprint density at radius 3 is 2.82 bits per heavy atom. The molecule has 1 aliphatic rings. The molecule has 0 atom stereocenters. The van der Waals surface area contributed by atoms with Gasteiger partial charge in [-0.3, -0.25) is 0 Å². The van der Waals surface area contributed by atoms with E-state index in [1.54, 1.807) is 0 Å². The van der Waals surface area contributed by atoms with Crippen molar-refractivity contribution < 1.29 is 2.74 Å². The van der Waals surface area contributed by atoms with Gasteiger partial charge < -0.3 is 0 Å². The summed E-state index contributed by atoms with van der Waals surface area (Å²) in [4.78, 5) is 0. The molecule has 2 aromatic rings. The maximum Gasteiger partial charge on any atom is 0.0442 e. The molecular weight excluding hydrogens is 296 g/mol. The van der Waals surface area contributed by atoms with Crippen LogP contribution in [0.5, 0.6) is 0 Å². The van der Waals surface area contributed by atoms with Crippen LogP contribution in [0, 0.1) is 0 Å². The van der Waals surface area contributed by atoms with Crippen molar-refractivity contribution in [3.05, 3.63) is 68.1 Å². The van der Waals surface area contributed by atoms with E-state index in [1.165, 1.54) is 5.56 Å². The molecule has 0 amide bonds. The highest BCUT2D eigenvalue weighted by molar-refractivity contribution is 9.10. The Balaban J connectivity index is 1.89. The zero-order chi connectivity index (χ0) is 13.6. The molecule has 86 valence electrons. The lowest BCUT2D eigenvalue weighted by molar-refractivity contribution is 0.834. The SMILES string of the molecule is [2H]C1([2H])Cc2cc(Cc3cc(Br)ccc3Cl)ccc21. The monoisotopic (exact) mass is 308 g/mol. The van der Waals surface area contributed by atoms with E-state index >= 15 is 0 Å². The van der Waals surface area contributed by atoms with Crippen molar-refractivity contribution in [2.24, 2.45) is 0 Å². The van der Waals surface area contributed by atoms with E-state index in [1.807, 2.05) is 30.3 Å². The van der Waals surface area contributed by atoms with Gasteiger partial charge in [0.1, 0.15) is 0 Å². The third kappa shape index (κ3) is 2.27. The quantitative estimate of drug-likeness (QED) is 0.748. The lowest BCUT2D eigenvalue weighted by Crippen LogP contribution is -2.08. The summed E-state index contributed by atoms with van der Waals surface area (Å²) in [7, 11) is 0. The lowest BCUT2D eigenvalue weighted by atomic mass is 9.86. The molecule has 0 spiro atoms. The van der Waals surface area contributed by atoms with Crippen LogP contribution in [0.25, 0.3) is 0 Å². The zero-order valence-corrected chi connectivity index (χ0v) is 11.5. The molecule has 0 heterocycles. The maximum absolute atomic E-state index is 7.74. The van der Waals surface area contributed by atoms with Gasteiger partial charge in [-0.25, -0.2) is 0 Å². The van der Waals surface area contributed by atoms with Gasteiger partial charge in [-0.15, -0.1) is 0 Å². The highest BCUT2D eigenvalue weighted by Crippen LogP contribution is 2.27. The summed E-state index contributed by atoms with van der Waals surface area (Å²) in [6.45, 7) is 0. The first-order chi connectivity index (χ1) is 8.95. The molecule has 0 N–H and O–H groups in total. The van der Waals surface area contributed by atoms with Gasteiger partial charge in [0.25, 0.3) is 0 Å². The van der Waals surface area contributed by atoms with Gasteiger partial charge in [-0.1, -0.05) is 45.7 Å². The van der Waals surface area contributed by atoms with Gasteiger partial charge in [0, 0.05) is 12.2 Å². The predicted molar refractivity (Wildman–Crippen MR) is 75.8 cm³/mol. The van der Waals surface area contributed by atoms with Crippen LogP contribution in [0.1, 0.15) is 25.0 Å². The Kier molecular flexibility index (Phi) is 2.41. The van der Waals surface area contributed by atoms with Crippen LogP contribution in [0.2, 0.25) is 5.02 Å². The number of benzene rings is 2. The van der Waals surface area contributed by atoms with Gasteiger partial charge >= 0.3 is 0 Å². The summed E-state index contributed by atoms with van der Waals surface area (Å²) >= 11 is 9.65. The van der Waals surface area contributed by atoms with Crippen molar-refractivity contribution >= 4 is 27.5 Å². The van der Waals surface area contributed by atoms with Crippen LogP contribution in [0.4, 0.5) is 0 Å². The molecule has 0 saturated carbocycles. The number of aryl methyl sites for hydroxylation is 2. The van der Waals surface area contributed by atoms with Crippen LogP contribution >= 0.6 is 27.5 Å². The molecule has 0 bridgehead atoms. The van der Waals surface area contributed by atoms with Crippen LogP contribution < -0.4 is 0 Å². The molecule has 3 rings (SSSR count). The van der Waals surface area contributed by atoms with E-state index in [0.29, 0.717) is 6.42 Å². The maximum atomic E-state index is 7.74. The molecule has 0 fully saturated rings. The second-order valence-corrected chi connectivity index (χ2v) is 5.58. The fourth-order valence-corrected chi connectivity index (χ4v) is 2.65. The molecular formula is C15H12BrCl. The zero-order valence-electron chi connectivity index (χ0n) is 11.1. The van der Waals surface area contributed by atoms with Gasteiger partial charge in [0.05, 0.1) is 0 Å². The summed E-state index contributed by atoms with van der Waals surface area (Å²) in [5, 5.41) is 0.765. The first kappa shape index (κ1) is 9.18. The van der Waals surface area contributed by atoms with Crippen molar-refractivity contribution in [2.75, 3.05) is 0 Å². The van der Waals surface area contributed by atoms with E-state index < -0.39 is 6.37 Å². The van der Waals surface area contributed by atoms with Crippen molar-refractivity contribution in [1.82, 2.24) is 0 Å². The molecule has 0 saturated heterocycles. The summed E-state index contributed by atoms with van der Waals surface area (Å²) in [5.74, 6) is 0. The Morgan fingerprint density at radius 2 is 2.06 bits per heavy atom. The largest absolute Gasteiger partial charge is 0.0840 e. The van der Waals surface area contributed by atoms with E-state index in [4.69, 9.17) is 14.3 Å². The third-order valence-corrected chi connectivity index (χ3v) is 3.90. The number of hydrogen-bond acceptors (Lipinski definition) is 0. The van der Waals surface area contributed by atoms with E-state index in [0.717, 1.165) is 32.6 Å². The summed E-state index contributed by atoms with van der Waals surface area (Å²) < 4.78 is 16.5. The fourth-order valence-electron chi connectivity index (χ4n) is 2.06. The Hall–Kier alpha value is -0.790. The normalized spacial score (nSPS) is 17.8. The smallest absolute Gasteiger partial charge is 0.0442 e. The molecule has 0 aliphatic heterocycles. The predicted octanol–water partition coefficient (Wildman–Crippen LogP) is 4.79. The van der Waals surface area contributed by atoms with Crippen molar-refractivity contribution in [3.8, 4) is 0 Å². The van der Waals surface area contributed by atoms with Gasteiger partial charge in [0.15, 0.2) is 0 Å². The second kappa shape index (κ2) is 4.47. The average Bonchev–Trinajstić information content (AvgIpc) is 2.33. The molecule has 2 heteroatoms. The highest BCUT2D eigenvalue weighted by atomic mass is 79.9. The van der Waals surface area contributed by atoms with Gasteiger partial charge in [-0.2, -0.15) is 0 Å². The van der Waals surface area contributed by atoms with Crippen LogP contribution in [-0.2, 0) is 19.2 Å². The molecule has 0 radical (unpaired) electrons. The summed E-state index contributed by atoms with van der Waals surface area (Å²) in [5.41, 5.74) is 4.21. The van der Waals surface area contributed by atoms with Gasteiger partial charge in [-0.05, 0) is 59.7 Å². The second-order valence-electron chi connectivity index (χ2n) is 4.26. The number of rotatable bonds is 2. The van der Waals surface area contributed by atoms with Crippen molar-refractivity contribution in [1.29, 1.82) is 0 Å². The highest BCUT2D eigenvalue weighted by Gasteiger charge is 2.13. The fraction of sp³-hybridized carbons (Fsp3) is 0.200. The first-order valence-corrected chi connectivity index (χ1v) is 6.69. The summed E-state index contributed by atoms with van der Waals surface area (Å²) in [6.07, 6.45) is 0.151. The standard InChI is InChI=1S/C15H12BrCl/c16-14-5-6-15(17)13(9-14)8-10-1-2-11-3-4-12(11)7-10/h1-2,5-7,9H,3-4,8H2/i3D2. The van der Waals surface area contributed by atoms with E-state index in [9.17, 15) is 0 Å². The van der Waals surface area contributed by atoms with E-state index in [2.05, 4.69) is 22.0 Å². The Morgan fingerprint density at radius 1 is 1.18 bits per heavy atom. The number of fused-ring (bicyclic) bond motifs is 1.